The second-order valence-corrected chi connectivity index (χ2v) is 5.07. The molecule has 0 aliphatic carbocycles. The number of aromatic nitrogens is 5. The molecular formula is C13H17N5O3. The Morgan fingerprint density at radius 3 is 2.62 bits per heavy atom. The van der Waals surface area contributed by atoms with Gasteiger partial charge in [-0.2, -0.15) is 4.98 Å². The fourth-order valence-corrected chi connectivity index (χ4v) is 2.50. The average Bonchev–Trinajstić information content (AvgIpc) is 2.95. The summed E-state index contributed by atoms with van der Waals surface area (Å²) in [4.78, 5) is 29.3. The van der Waals surface area contributed by atoms with Gasteiger partial charge in [0.05, 0.1) is 13.2 Å². The van der Waals surface area contributed by atoms with E-state index in [1.54, 1.807) is 11.4 Å². The molecule has 8 heteroatoms. The molecular weight excluding hydrogens is 274 g/mol. The van der Waals surface area contributed by atoms with E-state index in [4.69, 9.17) is 4.74 Å². The molecule has 8 nitrogen and oxygen atoms in total. The van der Waals surface area contributed by atoms with Gasteiger partial charge in [0.2, 0.25) is 5.78 Å². The Morgan fingerprint density at radius 2 is 1.95 bits per heavy atom. The number of rotatable bonds is 3. The number of nitrogens with zero attached hydrogens (tertiary/aromatic N) is 5. The highest BCUT2D eigenvalue weighted by molar-refractivity contribution is 5.75. The third kappa shape index (κ3) is 1.75. The van der Waals surface area contributed by atoms with E-state index >= 15 is 0 Å². The van der Waals surface area contributed by atoms with E-state index in [2.05, 4.69) is 4.98 Å². The predicted octanol–water partition coefficient (Wildman–Crippen LogP) is -0.359. The van der Waals surface area contributed by atoms with Gasteiger partial charge in [0, 0.05) is 33.1 Å². The molecule has 3 rings (SSSR count). The van der Waals surface area contributed by atoms with Crippen LogP contribution in [0.25, 0.3) is 16.9 Å². The molecule has 0 saturated heterocycles. The van der Waals surface area contributed by atoms with E-state index in [1.165, 1.54) is 16.2 Å². The summed E-state index contributed by atoms with van der Waals surface area (Å²) >= 11 is 0. The van der Waals surface area contributed by atoms with Gasteiger partial charge in [0.15, 0.2) is 11.2 Å². The van der Waals surface area contributed by atoms with Crippen molar-refractivity contribution in [1.82, 2.24) is 23.1 Å². The maximum Gasteiger partial charge on any atom is 0.332 e. The van der Waals surface area contributed by atoms with Crippen molar-refractivity contribution in [2.75, 3.05) is 13.7 Å². The van der Waals surface area contributed by atoms with Crippen molar-refractivity contribution in [3.8, 4) is 0 Å². The van der Waals surface area contributed by atoms with Crippen LogP contribution in [0.3, 0.4) is 0 Å². The first-order valence-electron chi connectivity index (χ1n) is 6.60. The molecule has 0 spiro atoms. The summed E-state index contributed by atoms with van der Waals surface area (Å²) in [5, 5.41) is 0. The molecule has 0 aliphatic rings. The molecule has 3 aromatic rings. The molecule has 3 aromatic heterocycles. The van der Waals surface area contributed by atoms with E-state index in [9.17, 15) is 9.59 Å². The van der Waals surface area contributed by atoms with Crippen LogP contribution in [0, 0.1) is 6.92 Å². The van der Waals surface area contributed by atoms with E-state index in [-0.39, 0.29) is 17.8 Å². The summed E-state index contributed by atoms with van der Waals surface area (Å²) in [5.74, 6) is 0.638. The molecule has 112 valence electrons. The minimum absolute atomic E-state index is 0.219. The minimum Gasteiger partial charge on any atom is -0.383 e. The lowest BCUT2D eigenvalue weighted by atomic mass is 10.4. The monoisotopic (exact) mass is 291 g/mol. The molecule has 0 radical (unpaired) electrons. The van der Waals surface area contributed by atoms with Crippen LogP contribution in [0.15, 0.2) is 15.8 Å². The van der Waals surface area contributed by atoms with Crippen LogP contribution in [0.4, 0.5) is 0 Å². The van der Waals surface area contributed by atoms with Crippen LogP contribution in [0.1, 0.15) is 5.69 Å². The van der Waals surface area contributed by atoms with Gasteiger partial charge in [-0.25, -0.2) is 4.79 Å². The molecule has 0 amide bonds. The van der Waals surface area contributed by atoms with Crippen molar-refractivity contribution in [3.05, 3.63) is 32.7 Å². The molecule has 0 unspecified atom stereocenters. The van der Waals surface area contributed by atoms with Crippen molar-refractivity contribution in [2.24, 2.45) is 14.1 Å². The number of methoxy groups -OCH3 is 1. The smallest absolute Gasteiger partial charge is 0.332 e. The normalized spacial score (nSPS) is 11.8. The Balaban J connectivity index is 2.47. The Morgan fingerprint density at radius 1 is 1.24 bits per heavy atom. The zero-order chi connectivity index (χ0) is 15.3. The first kappa shape index (κ1) is 13.6. The summed E-state index contributed by atoms with van der Waals surface area (Å²) in [6, 6.07) is 0. The topological polar surface area (TPSA) is 75.5 Å². The van der Waals surface area contributed by atoms with Crippen LogP contribution in [0.5, 0.6) is 0 Å². The molecule has 0 fully saturated rings. The van der Waals surface area contributed by atoms with Gasteiger partial charge in [0.1, 0.15) is 0 Å². The van der Waals surface area contributed by atoms with E-state index in [0.29, 0.717) is 23.5 Å². The maximum absolute atomic E-state index is 12.6. The van der Waals surface area contributed by atoms with Crippen molar-refractivity contribution in [1.29, 1.82) is 0 Å². The highest BCUT2D eigenvalue weighted by atomic mass is 16.5. The fourth-order valence-electron chi connectivity index (χ4n) is 2.50. The van der Waals surface area contributed by atoms with Crippen LogP contribution >= 0.6 is 0 Å². The second kappa shape index (κ2) is 4.59. The number of fused-ring (bicyclic) bond motifs is 3. The second-order valence-electron chi connectivity index (χ2n) is 5.07. The molecule has 0 atom stereocenters. The van der Waals surface area contributed by atoms with Crippen LogP contribution in [0.2, 0.25) is 0 Å². The zero-order valence-corrected chi connectivity index (χ0v) is 12.5. The van der Waals surface area contributed by atoms with Crippen LogP contribution in [-0.2, 0) is 25.4 Å². The highest BCUT2D eigenvalue weighted by Gasteiger charge is 2.18. The molecule has 0 saturated carbocycles. The molecule has 21 heavy (non-hydrogen) atoms. The summed E-state index contributed by atoms with van der Waals surface area (Å²) in [5.41, 5.74) is 1.06. The highest BCUT2D eigenvalue weighted by Crippen LogP contribution is 2.14. The van der Waals surface area contributed by atoms with Gasteiger partial charge < -0.3 is 9.30 Å². The average molecular weight is 291 g/mol. The Labute approximate surface area is 119 Å². The number of imidazole rings is 2. The Hall–Kier alpha value is -2.35. The first-order chi connectivity index (χ1) is 9.97. The zero-order valence-electron chi connectivity index (χ0n) is 12.5. The summed E-state index contributed by atoms with van der Waals surface area (Å²) < 4.78 is 11.2. The Bertz CT molecular complexity index is 956. The minimum atomic E-state index is -0.385. The van der Waals surface area contributed by atoms with E-state index in [0.717, 1.165) is 5.69 Å². The molecule has 0 aromatic carbocycles. The third-order valence-corrected chi connectivity index (χ3v) is 3.82. The van der Waals surface area contributed by atoms with Gasteiger partial charge in [0.25, 0.3) is 5.56 Å². The van der Waals surface area contributed by atoms with Crippen molar-refractivity contribution in [3.63, 3.8) is 0 Å². The summed E-state index contributed by atoms with van der Waals surface area (Å²) in [6.45, 7) is 2.46. The lowest BCUT2D eigenvalue weighted by Gasteiger charge is -2.07. The standard InChI is InChI=1S/C13H17N5O3/c1-8-7-18-9-10(14-12(18)15(8)2)16(3)13(20)17(11(9)19)5-6-21-4/h7H,5-6H2,1-4H3. The van der Waals surface area contributed by atoms with Gasteiger partial charge in [-0.3, -0.25) is 18.3 Å². The maximum atomic E-state index is 12.6. The summed E-state index contributed by atoms with van der Waals surface area (Å²) in [6.07, 6.45) is 1.84. The van der Waals surface area contributed by atoms with Crippen molar-refractivity contribution < 1.29 is 4.74 Å². The van der Waals surface area contributed by atoms with Crippen LogP contribution < -0.4 is 11.2 Å². The lowest BCUT2D eigenvalue weighted by Crippen LogP contribution is -2.40. The number of ether oxygens (including phenoxy) is 1. The van der Waals surface area contributed by atoms with Crippen molar-refractivity contribution >= 4 is 16.9 Å². The van der Waals surface area contributed by atoms with Gasteiger partial charge in [-0.1, -0.05) is 0 Å². The van der Waals surface area contributed by atoms with Crippen molar-refractivity contribution in [2.45, 2.75) is 13.5 Å². The Kier molecular flexibility index (Phi) is 2.98. The largest absolute Gasteiger partial charge is 0.383 e. The van der Waals surface area contributed by atoms with Gasteiger partial charge in [-0.15, -0.1) is 0 Å². The predicted molar refractivity (Wildman–Crippen MR) is 77.8 cm³/mol. The molecule has 3 heterocycles. The molecule has 0 N–H and O–H groups in total. The molecule has 0 aliphatic heterocycles. The van der Waals surface area contributed by atoms with E-state index in [1.807, 2.05) is 24.7 Å². The quantitative estimate of drug-likeness (QED) is 0.660. The van der Waals surface area contributed by atoms with E-state index < -0.39 is 0 Å². The fraction of sp³-hybridized carbons (Fsp3) is 0.462. The third-order valence-electron chi connectivity index (χ3n) is 3.82. The summed E-state index contributed by atoms with van der Waals surface area (Å²) in [7, 11) is 5.02. The van der Waals surface area contributed by atoms with Gasteiger partial charge in [-0.05, 0) is 6.92 Å². The number of hydrogen-bond donors (Lipinski definition) is 0. The number of aryl methyl sites for hydroxylation is 3. The van der Waals surface area contributed by atoms with Crippen LogP contribution in [-0.4, -0.2) is 36.8 Å². The van der Waals surface area contributed by atoms with Gasteiger partial charge >= 0.3 is 5.69 Å². The lowest BCUT2D eigenvalue weighted by molar-refractivity contribution is 0.184. The number of hydrogen-bond acceptors (Lipinski definition) is 4. The first-order valence-corrected chi connectivity index (χ1v) is 6.60. The SMILES string of the molecule is COCCn1c(=O)c2c(nc3n(C)c(C)cn23)n(C)c1=O. The molecule has 0 bridgehead atoms.